The molecule has 0 aliphatic rings. The van der Waals surface area contributed by atoms with Gasteiger partial charge >= 0.3 is 0 Å². The molecular weight excluding hydrogens is 160 g/mol. The van der Waals surface area contributed by atoms with E-state index in [9.17, 15) is 5.11 Å². The minimum Gasteiger partial charge on any atom is -0.507 e. The van der Waals surface area contributed by atoms with Crippen LogP contribution in [0.25, 0.3) is 10.8 Å². The molecule has 2 aromatic rings. The molecule has 0 unspecified atom stereocenters. The molecule has 1 heteroatoms. The number of phenols is 1. The second-order valence-electron chi connectivity index (χ2n) is 3.51. The molecule has 2 aromatic carbocycles. The summed E-state index contributed by atoms with van der Waals surface area (Å²) >= 11 is 0. The molecule has 0 saturated carbocycles. The van der Waals surface area contributed by atoms with Crippen LogP contribution >= 0.6 is 0 Å². The van der Waals surface area contributed by atoms with Crippen molar-refractivity contribution < 1.29 is 5.11 Å². The van der Waals surface area contributed by atoms with Crippen LogP contribution in [0.2, 0.25) is 0 Å². The fraction of sp³-hybridized carbons (Fsp3) is 0.167. The van der Waals surface area contributed by atoms with Gasteiger partial charge in [0.1, 0.15) is 5.75 Å². The highest BCUT2D eigenvalue weighted by Crippen LogP contribution is 2.26. The summed E-state index contributed by atoms with van der Waals surface area (Å²) < 4.78 is 0. The summed E-state index contributed by atoms with van der Waals surface area (Å²) in [6.07, 6.45) is 0. The van der Waals surface area contributed by atoms with Crippen LogP contribution in [0, 0.1) is 13.8 Å². The molecule has 0 amide bonds. The van der Waals surface area contributed by atoms with E-state index in [1.54, 1.807) is 6.07 Å². The van der Waals surface area contributed by atoms with Crippen LogP contribution in [0.5, 0.6) is 5.75 Å². The molecule has 13 heavy (non-hydrogen) atoms. The number of hydrogen-bond donors (Lipinski definition) is 1. The zero-order valence-electron chi connectivity index (χ0n) is 7.83. The second kappa shape index (κ2) is 2.77. The maximum atomic E-state index is 9.68. The largest absolute Gasteiger partial charge is 0.507 e. The zero-order valence-corrected chi connectivity index (χ0v) is 7.83. The molecule has 0 bridgehead atoms. The first-order chi connectivity index (χ1) is 6.16. The lowest BCUT2D eigenvalue weighted by molar-refractivity contribution is 0.481. The lowest BCUT2D eigenvalue weighted by Crippen LogP contribution is -1.79. The van der Waals surface area contributed by atoms with Crippen molar-refractivity contribution in [3.05, 3.63) is 41.5 Å². The lowest BCUT2D eigenvalue weighted by atomic mass is 10.0. The van der Waals surface area contributed by atoms with Crippen LogP contribution < -0.4 is 0 Å². The van der Waals surface area contributed by atoms with Crippen molar-refractivity contribution in [1.29, 1.82) is 0 Å². The highest BCUT2D eigenvalue weighted by molar-refractivity contribution is 5.89. The summed E-state index contributed by atoms with van der Waals surface area (Å²) in [6.45, 7) is 4.01. The van der Waals surface area contributed by atoms with E-state index in [-0.39, 0.29) is 0 Å². The summed E-state index contributed by atoms with van der Waals surface area (Å²) in [5, 5.41) is 11.7. The Morgan fingerprint density at radius 2 is 1.69 bits per heavy atom. The Labute approximate surface area is 77.6 Å². The smallest absolute Gasteiger partial charge is 0.123 e. The summed E-state index contributed by atoms with van der Waals surface area (Å²) in [7, 11) is 0. The van der Waals surface area contributed by atoms with Crippen molar-refractivity contribution in [3.8, 4) is 5.75 Å². The molecule has 0 heterocycles. The van der Waals surface area contributed by atoms with E-state index < -0.39 is 0 Å². The third-order valence-corrected chi connectivity index (χ3v) is 2.23. The van der Waals surface area contributed by atoms with Crippen molar-refractivity contribution in [2.75, 3.05) is 0 Å². The van der Waals surface area contributed by atoms with Crippen LogP contribution in [0.4, 0.5) is 0 Å². The van der Waals surface area contributed by atoms with Gasteiger partial charge < -0.3 is 5.11 Å². The number of phenolic OH excluding ortho intramolecular Hbond substituents is 1. The molecule has 1 N–H and O–H groups in total. The van der Waals surface area contributed by atoms with E-state index in [4.69, 9.17) is 0 Å². The Morgan fingerprint density at radius 3 is 2.46 bits per heavy atom. The average Bonchev–Trinajstić information content (AvgIpc) is 2.06. The van der Waals surface area contributed by atoms with Gasteiger partial charge in [0.05, 0.1) is 0 Å². The SMILES string of the molecule is Cc1cc(O)c2cc(C)ccc2c1. The number of aryl methyl sites for hydroxylation is 2. The zero-order chi connectivity index (χ0) is 9.42. The predicted octanol–water partition coefficient (Wildman–Crippen LogP) is 3.16. The van der Waals surface area contributed by atoms with Crippen molar-refractivity contribution in [3.63, 3.8) is 0 Å². The quantitative estimate of drug-likeness (QED) is 0.647. The topological polar surface area (TPSA) is 20.2 Å². The second-order valence-corrected chi connectivity index (χ2v) is 3.51. The average molecular weight is 172 g/mol. The van der Waals surface area contributed by atoms with Gasteiger partial charge in [0, 0.05) is 5.39 Å². The summed E-state index contributed by atoms with van der Waals surface area (Å²) in [5.74, 6) is 0.374. The fourth-order valence-electron chi connectivity index (χ4n) is 1.60. The molecule has 2 rings (SSSR count). The van der Waals surface area contributed by atoms with E-state index in [1.807, 2.05) is 26.0 Å². The minimum atomic E-state index is 0.374. The van der Waals surface area contributed by atoms with E-state index >= 15 is 0 Å². The standard InChI is InChI=1S/C12H12O/c1-8-3-4-10-5-9(2)7-12(13)11(10)6-8/h3-7,13H,1-2H3. The first-order valence-electron chi connectivity index (χ1n) is 4.37. The highest BCUT2D eigenvalue weighted by Gasteiger charge is 2.00. The van der Waals surface area contributed by atoms with E-state index in [2.05, 4.69) is 12.1 Å². The lowest BCUT2D eigenvalue weighted by Gasteiger charge is -2.03. The maximum Gasteiger partial charge on any atom is 0.123 e. The van der Waals surface area contributed by atoms with Crippen LogP contribution in [0.15, 0.2) is 30.3 Å². The van der Waals surface area contributed by atoms with Crippen LogP contribution in [-0.4, -0.2) is 5.11 Å². The first-order valence-corrected chi connectivity index (χ1v) is 4.37. The fourth-order valence-corrected chi connectivity index (χ4v) is 1.60. The molecule has 0 radical (unpaired) electrons. The van der Waals surface area contributed by atoms with Gasteiger partial charge in [0.25, 0.3) is 0 Å². The van der Waals surface area contributed by atoms with Crippen LogP contribution in [0.3, 0.4) is 0 Å². The van der Waals surface area contributed by atoms with Crippen LogP contribution in [0.1, 0.15) is 11.1 Å². The van der Waals surface area contributed by atoms with Crippen molar-refractivity contribution in [1.82, 2.24) is 0 Å². The van der Waals surface area contributed by atoms with E-state index in [1.165, 1.54) is 5.56 Å². The molecule has 0 spiro atoms. The van der Waals surface area contributed by atoms with Crippen molar-refractivity contribution >= 4 is 10.8 Å². The Hall–Kier alpha value is -1.50. The van der Waals surface area contributed by atoms with Gasteiger partial charge in [0.15, 0.2) is 0 Å². The van der Waals surface area contributed by atoms with Crippen molar-refractivity contribution in [2.45, 2.75) is 13.8 Å². The molecule has 0 atom stereocenters. The number of fused-ring (bicyclic) bond motifs is 1. The predicted molar refractivity (Wildman–Crippen MR) is 55.1 cm³/mol. The third-order valence-electron chi connectivity index (χ3n) is 2.23. The molecule has 0 aliphatic carbocycles. The Morgan fingerprint density at radius 1 is 0.923 bits per heavy atom. The van der Waals surface area contributed by atoms with Gasteiger partial charge in [-0.05, 0) is 36.9 Å². The van der Waals surface area contributed by atoms with E-state index in [0.717, 1.165) is 16.3 Å². The van der Waals surface area contributed by atoms with E-state index in [0.29, 0.717) is 5.75 Å². The molecule has 0 aliphatic heterocycles. The molecule has 0 saturated heterocycles. The Bertz CT molecular complexity index is 458. The summed E-state index contributed by atoms with van der Waals surface area (Å²) in [5.41, 5.74) is 2.26. The van der Waals surface area contributed by atoms with Gasteiger partial charge in [-0.25, -0.2) is 0 Å². The highest BCUT2D eigenvalue weighted by atomic mass is 16.3. The third kappa shape index (κ3) is 1.37. The Kier molecular flexibility index (Phi) is 1.73. The van der Waals surface area contributed by atoms with Gasteiger partial charge in [0.2, 0.25) is 0 Å². The molecular formula is C12H12O. The maximum absolute atomic E-state index is 9.68. The van der Waals surface area contributed by atoms with Crippen LogP contribution in [-0.2, 0) is 0 Å². The van der Waals surface area contributed by atoms with Crippen molar-refractivity contribution in [2.24, 2.45) is 0 Å². The molecule has 0 fully saturated rings. The Balaban J connectivity index is 2.87. The number of aromatic hydroxyl groups is 1. The number of rotatable bonds is 0. The normalized spacial score (nSPS) is 10.6. The van der Waals surface area contributed by atoms with Gasteiger partial charge in [-0.15, -0.1) is 0 Å². The minimum absolute atomic E-state index is 0.374. The number of benzene rings is 2. The molecule has 66 valence electrons. The molecule has 1 nitrogen and oxygen atoms in total. The van der Waals surface area contributed by atoms with Gasteiger partial charge in [-0.1, -0.05) is 23.8 Å². The first kappa shape index (κ1) is 8.11. The van der Waals surface area contributed by atoms with Gasteiger partial charge in [-0.3, -0.25) is 0 Å². The number of hydrogen-bond acceptors (Lipinski definition) is 1. The summed E-state index contributed by atoms with van der Waals surface area (Å²) in [6, 6.07) is 9.97. The monoisotopic (exact) mass is 172 g/mol. The molecule has 0 aromatic heterocycles. The summed E-state index contributed by atoms with van der Waals surface area (Å²) in [4.78, 5) is 0. The van der Waals surface area contributed by atoms with Gasteiger partial charge in [-0.2, -0.15) is 0 Å².